The maximum atomic E-state index is 12.8. The van der Waals surface area contributed by atoms with Gasteiger partial charge in [0.05, 0.1) is 10.9 Å². The molecule has 3 aromatic rings. The molecule has 0 radical (unpaired) electrons. The number of hydrogen-bond acceptors (Lipinski definition) is 6. The standard InChI is InChI=1S/C29H33NO7/c1-19(31)18-23(27-28(35)22-10-8-9-11-24(22)37-29(27)36)20-14-16-21(17-15-20)30-25(32)12-6-4-2-3-5-7-13-26(33)34/h8-11,14-17,23,35H,2-7,12-13,18H2,1H3,(H,30,32)(H,33,34). The van der Waals surface area contributed by atoms with E-state index in [1.807, 2.05) is 0 Å². The van der Waals surface area contributed by atoms with Crippen molar-refractivity contribution in [1.82, 2.24) is 0 Å². The zero-order chi connectivity index (χ0) is 26.8. The SMILES string of the molecule is CC(=O)CC(c1ccc(NC(=O)CCCCCCCCC(=O)O)cc1)c1c(O)c2ccccc2oc1=O. The van der Waals surface area contributed by atoms with Crippen molar-refractivity contribution in [1.29, 1.82) is 0 Å². The fraction of sp³-hybridized carbons (Fsp3) is 0.379. The molecule has 0 aliphatic heterocycles. The van der Waals surface area contributed by atoms with E-state index in [4.69, 9.17) is 9.52 Å². The first kappa shape index (κ1) is 27.6. The van der Waals surface area contributed by atoms with Gasteiger partial charge in [0.2, 0.25) is 5.91 Å². The van der Waals surface area contributed by atoms with Gasteiger partial charge in [-0.1, -0.05) is 49.9 Å². The predicted molar refractivity (Wildman–Crippen MR) is 141 cm³/mol. The number of carboxylic acids is 1. The Kier molecular flexibility index (Phi) is 10.0. The molecule has 0 fully saturated rings. The van der Waals surface area contributed by atoms with Crippen LogP contribution in [0.25, 0.3) is 11.0 Å². The van der Waals surface area contributed by atoms with Crippen LogP contribution in [0.2, 0.25) is 0 Å². The quantitative estimate of drug-likeness (QED) is 0.187. The minimum atomic E-state index is -0.767. The lowest BCUT2D eigenvalue weighted by Gasteiger charge is -2.18. The molecule has 3 rings (SSSR count). The van der Waals surface area contributed by atoms with Gasteiger partial charge in [0.1, 0.15) is 17.1 Å². The largest absolute Gasteiger partial charge is 0.507 e. The molecule has 0 saturated heterocycles. The summed E-state index contributed by atoms with van der Waals surface area (Å²) in [7, 11) is 0. The molecular weight excluding hydrogens is 474 g/mol. The van der Waals surface area contributed by atoms with Gasteiger partial charge in [-0.05, 0) is 49.6 Å². The fourth-order valence-electron chi connectivity index (χ4n) is 4.42. The van der Waals surface area contributed by atoms with Crippen LogP contribution in [-0.2, 0) is 14.4 Å². The van der Waals surface area contributed by atoms with Crippen LogP contribution in [0.1, 0.15) is 81.8 Å². The number of carboxylic acid groups (broad SMARTS) is 1. The van der Waals surface area contributed by atoms with Gasteiger partial charge in [-0.2, -0.15) is 0 Å². The molecule has 196 valence electrons. The van der Waals surface area contributed by atoms with Gasteiger partial charge in [-0.25, -0.2) is 4.79 Å². The molecular formula is C29H33NO7. The minimum Gasteiger partial charge on any atom is -0.507 e. The highest BCUT2D eigenvalue weighted by Crippen LogP contribution is 2.36. The molecule has 1 atom stereocenters. The van der Waals surface area contributed by atoms with Crippen molar-refractivity contribution in [3.63, 3.8) is 0 Å². The number of ketones is 1. The number of anilines is 1. The lowest BCUT2D eigenvalue weighted by molar-refractivity contribution is -0.137. The Morgan fingerprint density at radius 1 is 0.892 bits per heavy atom. The van der Waals surface area contributed by atoms with E-state index < -0.39 is 17.5 Å². The van der Waals surface area contributed by atoms with Crippen LogP contribution < -0.4 is 10.9 Å². The Morgan fingerprint density at radius 2 is 1.51 bits per heavy atom. The molecule has 0 aliphatic carbocycles. The second kappa shape index (κ2) is 13.4. The Labute approximate surface area is 215 Å². The molecule has 1 amide bonds. The van der Waals surface area contributed by atoms with Crippen LogP contribution in [0.3, 0.4) is 0 Å². The number of benzene rings is 2. The first-order valence-corrected chi connectivity index (χ1v) is 12.6. The zero-order valence-electron chi connectivity index (χ0n) is 21.0. The van der Waals surface area contributed by atoms with Crippen molar-refractivity contribution in [2.24, 2.45) is 0 Å². The highest BCUT2D eigenvalue weighted by atomic mass is 16.4. The third-order valence-corrected chi connectivity index (χ3v) is 6.30. The molecule has 0 saturated carbocycles. The summed E-state index contributed by atoms with van der Waals surface area (Å²) >= 11 is 0. The molecule has 0 aliphatic rings. The van der Waals surface area contributed by atoms with Crippen molar-refractivity contribution in [3.8, 4) is 5.75 Å². The average Bonchev–Trinajstić information content (AvgIpc) is 2.85. The number of fused-ring (bicyclic) bond motifs is 1. The van der Waals surface area contributed by atoms with Crippen LogP contribution >= 0.6 is 0 Å². The molecule has 3 N–H and O–H groups in total. The summed E-state index contributed by atoms with van der Waals surface area (Å²) in [5.41, 5.74) is 0.856. The summed E-state index contributed by atoms with van der Waals surface area (Å²) in [4.78, 5) is 47.6. The number of Topliss-reactive ketones (excluding diaryl/α,β-unsaturated/α-hetero) is 1. The fourth-order valence-corrected chi connectivity index (χ4v) is 4.42. The van der Waals surface area contributed by atoms with E-state index >= 15 is 0 Å². The number of nitrogens with one attached hydrogen (secondary N) is 1. The van der Waals surface area contributed by atoms with E-state index in [9.17, 15) is 24.3 Å². The van der Waals surface area contributed by atoms with Crippen LogP contribution in [0.5, 0.6) is 5.75 Å². The van der Waals surface area contributed by atoms with Crippen LogP contribution in [-0.4, -0.2) is 27.9 Å². The van der Waals surface area contributed by atoms with E-state index in [1.165, 1.54) is 6.92 Å². The molecule has 2 aromatic carbocycles. The summed E-state index contributed by atoms with van der Waals surface area (Å²) < 4.78 is 5.41. The van der Waals surface area contributed by atoms with Crippen LogP contribution in [0.4, 0.5) is 5.69 Å². The van der Waals surface area contributed by atoms with Crippen molar-refractivity contribution in [2.45, 2.75) is 70.6 Å². The molecule has 8 heteroatoms. The van der Waals surface area contributed by atoms with Crippen molar-refractivity contribution in [3.05, 3.63) is 70.1 Å². The van der Waals surface area contributed by atoms with Gasteiger partial charge < -0.3 is 19.9 Å². The van der Waals surface area contributed by atoms with Crippen molar-refractivity contribution >= 4 is 34.3 Å². The molecule has 1 unspecified atom stereocenters. The predicted octanol–water partition coefficient (Wildman–Crippen LogP) is 5.75. The van der Waals surface area contributed by atoms with Gasteiger partial charge in [0.25, 0.3) is 0 Å². The lowest BCUT2D eigenvalue weighted by Crippen LogP contribution is -2.17. The van der Waals surface area contributed by atoms with Gasteiger partial charge in [0.15, 0.2) is 0 Å². The monoisotopic (exact) mass is 507 g/mol. The number of hydrogen-bond donors (Lipinski definition) is 3. The topological polar surface area (TPSA) is 134 Å². The number of carbonyl (C=O) groups is 3. The van der Waals surface area contributed by atoms with Crippen LogP contribution in [0.15, 0.2) is 57.7 Å². The summed E-state index contributed by atoms with van der Waals surface area (Å²) in [5.74, 6) is -1.91. The number of amides is 1. The Hall–Kier alpha value is -3.94. The molecule has 1 heterocycles. The summed E-state index contributed by atoms with van der Waals surface area (Å²) in [6, 6.07) is 13.6. The van der Waals surface area contributed by atoms with Gasteiger partial charge >= 0.3 is 11.6 Å². The lowest BCUT2D eigenvalue weighted by atomic mass is 9.87. The van der Waals surface area contributed by atoms with E-state index in [0.29, 0.717) is 29.5 Å². The summed E-state index contributed by atoms with van der Waals surface area (Å²) in [6.07, 6.45) is 5.75. The second-order valence-corrected chi connectivity index (χ2v) is 9.29. The maximum Gasteiger partial charge on any atom is 0.343 e. The Balaban J connectivity index is 1.62. The first-order valence-electron chi connectivity index (χ1n) is 12.6. The number of rotatable bonds is 14. The molecule has 8 nitrogen and oxygen atoms in total. The van der Waals surface area contributed by atoms with E-state index in [-0.39, 0.29) is 41.4 Å². The van der Waals surface area contributed by atoms with Gasteiger partial charge in [-0.15, -0.1) is 0 Å². The summed E-state index contributed by atoms with van der Waals surface area (Å²) in [5, 5.41) is 22.8. The molecule has 0 bridgehead atoms. The third-order valence-electron chi connectivity index (χ3n) is 6.30. The Bertz CT molecular complexity index is 1290. The number of unbranched alkanes of at least 4 members (excludes halogenated alkanes) is 5. The second-order valence-electron chi connectivity index (χ2n) is 9.29. The van der Waals surface area contributed by atoms with Crippen LogP contribution in [0, 0.1) is 0 Å². The number of carbonyl (C=O) groups excluding carboxylic acids is 2. The first-order chi connectivity index (χ1) is 17.8. The van der Waals surface area contributed by atoms with E-state index in [0.717, 1.165) is 32.1 Å². The van der Waals surface area contributed by atoms with E-state index in [1.54, 1.807) is 48.5 Å². The Morgan fingerprint density at radius 3 is 2.16 bits per heavy atom. The normalized spacial score (nSPS) is 11.8. The number of para-hydroxylation sites is 1. The van der Waals surface area contributed by atoms with Crippen molar-refractivity contribution < 1.29 is 29.0 Å². The zero-order valence-corrected chi connectivity index (χ0v) is 21.0. The van der Waals surface area contributed by atoms with E-state index in [2.05, 4.69) is 5.32 Å². The number of aromatic hydroxyl groups is 1. The molecule has 37 heavy (non-hydrogen) atoms. The van der Waals surface area contributed by atoms with Crippen molar-refractivity contribution in [2.75, 3.05) is 5.32 Å². The third kappa shape index (κ3) is 8.03. The highest BCUT2D eigenvalue weighted by Gasteiger charge is 2.26. The molecule has 1 aromatic heterocycles. The smallest absolute Gasteiger partial charge is 0.343 e. The number of aliphatic carboxylic acids is 1. The highest BCUT2D eigenvalue weighted by molar-refractivity contribution is 5.90. The minimum absolute atomic E-state index is 0.0126. The van der Waals surface area contributed by atoms with Gasteiger partial charge in [-0.3, -0.25) is 14.4 Å². The molecule has 0 spiro atoms. The average molecular weight is 508 g/mol. The summed E-state index contributed by atoms with van der Waals surface area (Å²) in [6.45, 7) is 1.43. The van der Waals surface area contributed by atoms with Gasteiger partial charge in [0, 0.05) is 30.9 Å². The maximum absolute atomic E-state index is 12.8.